The van der Waals surface area contributed by atoms with Crippen LogP contribution in [-0.2, 0) is 11.2 Å². The lowest BCUT2D eigenvalue weighted by molar-refractivity contribution is -0.121. The Morgan fingerprint density at radius 2 is 1.96 bits per heavy atom. The van der Waals surface area contributed by atoms with Gasteiger partial charge in [0.2, 0.25) is 5.91 Å². The second-order valence-electron chi connectivity index (χ2n) is 7.08. The zero-order valence-corrected chi connectivity index (χ0v) is 16.3. The molecule has 1 fully saturated rings. The Bertz CT molecular complexity index is 931. The van der Waals surface area contributed by atoms with E-state index in [0.29, 0.717) is 11.4 Å². The molecule has 0 unspecified atom stereocenters. The van der Waals surface area contributed by atoms with E-state index >= 15 is 0 Å². The molecule has 2 heterocycles. The molecule has 1 aliphatic heterocycles. The average molecular weight is 395 g/mol. The monoisotopic (exact) mass is 394 g/mol. The summed E-state index contributed by atoms with van der Waals surface area (Å²) in [7, 11) is 0. The van der Waals surface area contributed by atoms with Gasteiger partial charge in [-0.15, -0.1) is 0 Å². The van der Waals surface area contributed by atoms with E-state index in [9.17, 15) is 4.79 Å². The molecule has 3 aromatic rings. The highest BCUT2D eigenvalue weighted by Gasteiger charge is 2.19. The van der Waals surface area contributed by atoms with Gasteiger partial charge in [0.1, 0.15) is 0 Å². The molecule has 5 nitrogen and oxygen atoms in total. The Labute approximate surface area is 169 Å². The fraction of sp³-hybridized carbons (Fsp3) is 0.273. The van der Waals surface area contributed by atoms with Crippen molar-refractivity contribution in [2.75, 3.05) is 13.1 Å². The summed E-state index contributed by atoms with van der Waals surface area (Å²) in [6.45, 7) is 1.86. The molecule has 2 aromatic carbocycles. The van der Waals surface area contributed by atoms with E-state index in [1.807, 2.05) is 65.5 Å². The third-order valence-electron chi connectivity index (χ3n) is 4.94. The SMILES string of the molecule is O=C(Cc1cn(-c2ccccc2)nc1-c1ccc(Cl)cc1)N[C@H]1CCCNC1. The van der Waals surface area contributed by atoms with E-state index in [-0.39, 0.29) is 11.9 Å². The number of rotatable bonds is 5. The molecule has 1 amide bonds. The lowest BCUT2D eigenvalue weighted by atomic mass is 10.0. The van der Waals surface area contributed by atoms with Crippen molar-refractivity contribution in [2.45, 2.75) is 25.3 Å². The number of aromatic nitrogens is 2. The Balaban J connectivity index is 1.61. The van der Waals surface area contributed by atoms with E-state index < -0.39 is 0 Å². The van der Waals surface area contributed by atoms with Gasteiger partial charge in [0.25, 0.3) is 0 Å². The van der Waals surface area contributed by atoms with E-state index in [1.54, 1.807) is 0 Å². The molecule has 0 saturated carbocycles. The van der Waals surface area contributed by atoms with Crippen LogP contribution in [0, 0.1) is 0 Å². The highest BCUT2D eigenvalue weighted by atomic mass is 35.5. The molecule has 2 N–H and O–H groups in total. The predicted molar refractivity (Wildman–Crippen MR) is 112 cm³/mol. The Hall–Kier alpha value is -2.63. The van der Waals surface area contributed by atoms with Crippen LogP contribution in [-0.4, -0.2) is 34.8 Å². The number of nitrogens with one attached hydrogen (secondary N) is 2. The van der Waals surface area contributed by atoms with Crippen molar-refractivity contribution < 1.29 is 4.79 Å². The van der Waals surface area contributed by atoms with Crippen LogP contribution in [0.15, 0.2) is 60.8 Å². The second kappa shape index (κ2) is 8.59. The lowest BCUT2D eigenvalue weighted by Crippen LogP contribution is -2.46. The summed E-state index contributed by atoms with van der Waals surface area (Å²) in [5, 5.41) is 11.9. The molecule has 1 atom stereocenters. The topological polar surface area (TPSA) is 59.0 Å². The largest absolute Gasteiger partial charge is 0.352 e. The van der Waals surface area contributed by atoms with Gasteiger partial charge < -0.3 is 10.6 Å². The van der Waals surface area contributed by atoms with Crippen molar-refractivity contribution in [3.05, 3.63) is 71.4 Å². The molecule has 144 valence electrons. The van der Waals surface area contributed by atoms with Crippen LogP contribution >= 0.6 is 11.6 Å². The van der Waals surface area contributed by atoms with Crippen molar-refractivity contribution in [3.63, 3.8) is 0 Å². The van der Waals surface area contributed by atoms with Gasteiger partial charge in [-0.05, 0) is 43.7 Å². The van der Waals surface area contributed by atoms with Crippen LogP contribution in [0.2, 0.25) is 5.02 Å². The summed E-state index contributed by atoms with van der Waals surface area (Å²) in [5.74, 6) is 0.0246. The summed E-state index contributed by atoms with van der Waals surface area (Å²) >= 11 is 6.04. The van der Waals surface area contributed by atoms with Gasteiger partial charge in [0, 0.05) is 34.9 Å². The number of amides is 1. The van der Waals surface area contributed by atoms with E-state index in [1.165, 1.54) is 0 Å². The zero-order chi connectivity index (χ0) is 19.3. The first-order valence-corrected chi connectivity index (χ1v) is 9.97. The molecule has 28 heavy (non-hydrogen) atoms. The molecule has 4 rings (SSSR count). The van der Waals surface area contributed by atoms with Gasteiger partial charge in [0.15, 0.2) is 0 Å². The first-order chi connectivity index (χ1) is 13.7. The minimum Gasteiger partial charge on any atom is -0.352 e. The van der Waals surface area contributed by atoms with Crippen LogP contribution in [0.3, 0.4) is 0 Å². The third kappa shape index (κ3) is 4.43. The normalized spacial score (nSPS) is 16.7. The van der Waals surface area contributed by atoms with Gasteiger partial charge >= 0.3 is 0 Å². The number of halogens is 1. The first kappa shape index (κ1) is 18.7. The smallest absolute Gasteiger partial charge is 0.224 e. The number of nitrogens with zero attached hydrogens (tertiary/aromatic N) is 2. The zero-order valence-electron chi connectivity index (χ0n) is 15.6. The van der Waals surface area contributed by atoms with Gasteiger partial charge in [0.05, 0.1) is 17.8 Å². The number of carbonyl (C=O) groups is 1. The standard InChI is InChI=1S/C22H23ClN4O/c23-18-10-8-16(9-11-18)22-17(13-21(28)25-19-5-4-12-24-14-19)15-27(26-22)20-6-2-1-3-7-20/h1-3,6-11,15,19,24H,4-5,12-14H2,(H,25,28)/t19-/m0/s1. The van der Waals surface area contributed by atoms with Gasteiger partial charge in [-0.2, -0.15) is 5.10 Å². The maximum absolute atomic E-state index is 12.7. The molecule has 1 aromatic heterocycles. The van der Waals surface area contributed by atoms with Crippen molar-refractivity contribution in [1.29, 1.82) is 0 Å². The Morgan fingerprint density at radius 1 is 1.18 bits per heavy atom. The molecular weight excluding hydrogens is 372 g/mol. The van der Waals surface area contributed by atoms with Crippen molar-refractivity contribution in [1.82, 2.24) is 20.4 Å². The van der Waals surface area contributed by atoms with Crippen LogP contribution in [0.25, 0.3) is 16.9 Å². The number of para-hydroxylation sites is 1. The molecule has 1 saturated heterocycles. The molecule has 0 bridgehead atoms. The second-order valence-corrected chi connectivity index (χ2v) is 7.51. The summed E-state index contributed by atoms with van der Waals surface area (Å²) in [6, 6.07) is 17.7. The van der Waals surface area contributed by atoms with Crippen LogP contribution < -0.4 is 10.6 Å². The minimum absolute atomic E-state index is 0.0246. The van der Waals surface area contributed by atoms with Gasteiger partial charge in [-0.3, -0.25) is 4.79 Å². The van der Waals surface area contributed by atoms with Crippen LogP contribution in [0.1, 0.15) is 18.4 Å². The van der Waals surface area contributed by atoms with Crippen LogP contribution in [0.4, 0.5) is 0 Å². The fourth-order valence-corrected chi connectivity index (χ4v) is 3.66. The van der Waals surface area contributed by atoms with Crippen LogP contribution in [0.5, 0.6) is 0 Å². The van der Waals surface area contributed by atoms with Crippen molar-refractivity contribution >= 4 is 17.5 Å². The first-order valence-electron chi connectivity index (χ1n) is 9.59. The lowest BCUT2D eigenvalue weighted by Gasteiger charge is -2.23. The highest BCUT2D eigenvalue weighted by Crippen LogP contribution is 2.25. The van der Waals surface area contributed by atoms with E-state index in [4.69, 9.17) is 16.7 Å². The maximum Gasteiger partial charge on any atom is 0.224 e. The number of piperidine rings is 1. The Morgan fingerprint density at radius 3 is 2.68 bits per heavy atom. The summed E-state index contributed by atoms with van der Waals surface area (Å²) in [4.78, 5) is 12.7. The predicted octanol–water partition coefficient (Wildman–Crippen LogP) is 3.60. The van der Waals surface area contributed by atoms with Gasteiger partial charge in [-0.25, -0.2) is 4.68 Å². The fourth-order valence-electron chi connectivity index (χ4n) is 3.53. The van der Waals surface area contributed by atoms with Crippen molar-refractivity contribution in [3.8, 4) is 16.9 Å². The third-order valence-corrected chi connectivity index (χ3v) is 5.19. The molecular formula is C22H23ClN4O. The number of hydrogen-bond donors (Lipinski definition) is 2. The number of carbonyl (C=O) groups excluding carboxylic acids is 1. The summed E-state index contributed by atoms with van der Waals surface area (Å²) < 4.78 is 1.83. The van der Waals surface area contributed by atoms with E-state index in [2.05, 4.69) is 10.6 Å². The molecule has 0 radical (unpaired) electrons. The van der Waals surface area contributed by atoms with Gasteiger partial charge in [-0.1, -0.05) is 41.9 Å². The number of hydrogen-bond acceptors (Lipinski definition) is 3. The van der Waals surface area contributed by atoms with E-state index in [0.717, 1.165) is 48.4 Å². The highest BCUT2D eigenvalue weighted by molar-refractivity contribution is 6.30. The molecule has 1 aliphatic rings. The number of benzene rings is 2. The van der Waals surface area contributed by atoms with Crippen molar-refractivity contribution in [2.24, 2.45) is 0 Å². The average Bonchev–Trinajstić information content (AvgIpc) is 3.13. The Kier molecular flexibility index (Phi) is 5.74. The molecule has 6 heteroatoms. The summed E-state index contributed by atoms with van der Waals surface area (Å²) in [5.41, 5.74) is 3.60. The molecule has 0 aliphatic carbocycles. The summed E-state index contributed by atoms with van der Waals surface area (Å²) in [6.07, 6.45) is 4.35. The maximum atomic E-state index is 12.7. The molecule has 0 spiro atoms. The quantitative estimate of drug-likeness (QED) is 0.695. The minimum atomic E-state index is 0.0246.